The number of halogens is 2. The van der Waals surface area contributed by atoms with Gasteiger partial charge in [-0.25, -0.2) is 4.39 Å². The average Bonchev–Trinajstić information content (AvgIpc) is 2.41. The molecule has 0 aliphatic heterocycles. The summed E-state index contributed by atoms with van der Waals surface area (Å²) < 4.78 is 14.7. The number of hydrogen-bond acceptors (Lipinski definition) is 2. The molecule has 1 aliphatic rings. The molecule has 1 aromatic carbocycles. The molecule has 4 heteroatoms. The van der Waals surface area contributed by atoms with Crippen LogP contribution in [-0.2, 0) is 0 Å². The summed E-state index contributed by atoms with van der Waals surface area (Å²) in [5.41, 5.74) is 6.48. The zero-order valence-electron chi connectivity index (χ0n) is 10.3. The van der Waals surface area contributed by atoms with E-state index in [1.165, 1.54) is 12.5 Å². The largest absolute Gasteiger partial charge is 0.391 e. The molecule has 2 atom stereocenters. The summed E-state index contributed by atoms with van der Waals surface area (Å²) in [5.74, 6) is -0.108. The lowest BCUT2D eigenvalue weighted by Gasteiger charge is -2.30. The van der Waals surface area contributed by atoms with Crippen LogP contribution in [0.1, 0.15) is 43.7 Å². The van der Waals surface area contributed by atoms with Gasteiger partial charge in [0.2, 0.25) is 0 Å². The minimum Gasteiger partial charge on any atom is -0.391 e. The molecule has 100 valence electrons. The van der Waals surface area contributed by atoms with Gasteiger partial charge in [0.1, 0.15) is 5.82 Å². The van der Waals surface area contributed by atoms with Gasteiger partial charge in [-0.2, -0.15) is 0 Å². The fraction of sp³-hybridized carbons (Fsp3) is 0.571. The molecule has 1 saturated carbocycles. The molecule has 2 nitrogen and oxygen atoms in total. The van der Waals surface area contributed by atoms with Crippen molar-refractivity contribution in [2.75, 3.05) is 0 Å². The summed E-state index contributed by atoms with van der Waals surface area (Å²) >= 11 is 2.13. The zero-order chi connectivity index (χ0) is 13.1. The van der Waals surface area contributed by atoms with Gasteiger partial charge in [0, 0.05) is 9.13 Å². The lowest BCUT2D eigenvalue weighted by molar-refractivity contribution is 0.0607. The molecule has 0 spiro atoms. The first kappa shape index (κ1) is 14.2. The number of aliphatic hydroxyl groups excluding tert-OH is 1. The van der Waals surface area contributed by atoms with Gasteiger partial charge in [-0.15, -0.1) is 0 Å². The number of nitrogens with two attached hydrogens (primary N) is 1. The number of aliphatic hydroxyl groups is 1. The summed E-state index contributed by atoms with van der Waals surface area (Å²) in [4.78, 5) is 0. The van der Waals surface area contributed by atoms with E-state index in [0.29, 0.717) is 5.56 Å². The molecule has 0 heterocycles. The Bertz CT molecular complexity index is 407. The molecule has 3 N–H and O–H groups in total. The van der Waals surface area contributed by atoms with Crippen molar-refractivity contribution in [1.82, 2.24) is 0 Å². The van der Waals surface area contributed by atoms with E-state index < -0.39 is 12.1 Å². The number of rotatable bonds is 3. The van der Waals surface area contributed by atoms with E-state index in [-0.39, 0.29) is 11.7 Å². The maximum Gasteiger partial charge on any atom is 0.128 e. The van der Waals surface area contributed by atoms with Crippen LogP contribution >= 0.6 is 22.6 Å². The second kappa shape index (κ2) is 6.30. The fourth-order valence-corrected chi connectivity index (χ4v) is 3.24. The Hall–Kier alpha value is -0.200. The molecule has 0 radical (unpaired) electrons. The van der Waals surface area contributed by atoms with E-state index in [0.717, 1.165) is 29.3 Å². The lowest BCUT2D eigenvalue weighted by atomic mass is 9.81. The summed E-state index contributed by atoms with van der Waals surface area (Å²) in [6, 6.07) is 4.24. The van der Waals surface area contributed by atoms with Crippen molar-refractivity contribution in [3.63, 3.8) is 0 Å². The van der Waals surface area contributed by atoms with E-state index in [1.807, 2.05) is 0 Å². The second-order valence-corrected chi connectivity index (χ2v) is 6.33. The van der Waals surface area contributed by atoms with Gasteiger partial charge in [0.05, 0.1) is 12.1 Å². The van der Waals surface area contributed by atoms with Gasteiger partial charge in [0.15, 0.2) is 0 Å². The Kier molecular flexibility index (Phi) is 4.98. The third-order valence-corrected chi connectivity index (χ3v) is 4.49. The van der Waals surface area contributed by atoms with Crippen molar-refractivity contribution in [2.45, 2.75) is 44.2 Å². The summed E-state index contributed by atoms with van der Waals surface area (Å²) in [6.07, 6.45) is 4.88. The first-order chi connectivity index (χ1) is 8.59. The van der Waals surface area contributed by atoms with E-state index in [4.69, 9.17) is 5.73 Å². The first-order valence-corrected chi connectivity index (χ1v) is 7.56. The van der Waals surface area contributed by atoms with E-state index >= 15 is 0 Å². The van der Waals surface area contributed by atoms with Crippen LogP contribution in [-0.4, -0.2) is 11.2 Å². The van der Waals surface area contributed by atoms with E-state index in [2.05, 4.69) is 22.6 Å². The van der Waals surface area contributed by atoms with Crippen molar-refractivity contribution in [3.05, 3.63) is 33.1 Å². The highest BCUT2D eigenvalue weighted by atomic mass is 127. The molecule has 1 aliphatic carbocycles. The van der Waals surface area contributed by atoms with Crippen LogP contribution in [0, 0.1) is 15.3 Å². The van der Waals surface area contributed by atoms with Crippen LogP contribution < -0.4 is 5.73 Å². The molecule has 0 saturated heterocycles. The molecular formula is C14H19FINO. The summed E-state index contributed by atoms with van der Waals surface area (Å²) in [7, 11) is 0. The third-order valence-electron chi connectivity index (χ3n) is 3.82. The molecular weight excluding hydrogens is 344 g/mol. The van der Waals surface area contributed by atoms with Crippen LogP contribution in [0.3, 0.4) is 0 Å². The zero-order valence-corrected chi connectivity index (χ0v) is 12.4. The third kappa shape index (κ3) is 3.22. The molecule has 18 heavy (non-hydrogen) atoms. The van der Waals surface area contributed by atoms with E-state index in [1.54, 1.807) is 12.1 Å². The van der Waals surface area contributed by atoms with Gasteiger partial charge in [-0.1, -0.05) is 19.3 Å². The van der Waals surface area contributed by atoms with Gasteiger partial charge in [0.25, 0.3) is 0 Å². The molecule has 1 fully saturated rings. The second-order valence-electron chi connectivity index (χ2n) is 5.08. The van der Waals surface area contributed by atoms with Crippen LogP contribution in [0.2, 0.25) is 0 Å². The molecule has 2 rings (SSSR count). The standard InChI is InChI=1S/C14H19FINO/c15-12-7-6-10(16)8-11(12)13(17)14(18)9-4-2-1-3-5-9/h6-9,13-14,18H,1-5,17H2/t13-,14+/m1/s1. The Labute approximate surface area is 121 Å². The van der Waals surface area contributed by atoms with Crippen LogP contribution in [0.25, 0.3) is 0 Å². The predicted molar refractivity (Wildman–Crippen MR) is 78.6 cm³/mol. The highest BCUT2D eigenvalue weighted by Crippen LogP contribution is 2.32. The maximum absolute atomic E-state index is 13.8. The summed E-state index contributed by atoms with van der Waals surface area (Å²) in [5, 5.41) is 10.3. The molecule has 0 unspecified atom stereocenters. The maximum atomic E-state index is 13.8. The smallest absolute Gasteiger partial charge is 0.128 e. The molecule has 0 aromatic heterocycles. The first-order valence-electron chi connectivity index (χ1n) is 6.48. The fourth-order valence-electron chi connectivity index (χ4n) is 2.72. The predicted octanol–water partition coefficient (Wildman–Crippen LogP) is 3.37. The molecule has 0 bridgehead atoms. The van der Waals surface area contributed by atoms with Crippen LogP contribution in [0.5, 0.6) is 0 Å². The SMILES string of the molecule is N[C@H](c1cc(I)ccc1F)[C@@H](O)C1CCCCC1. The van der Waals surface area contributed by atoms with Crippen LogP contribution in [0.4, 0.5) is 4.39 Å². The number of hydrogen-bond donors (Lipinski definition) is 2. The topological polar surface area (TPSA) is 46.2 Å². The van der Waals surface area contributed by atoms with Gasteiger partial charge < -0.3 is 10.8 Å². The van der Waals surface area contributed by atoms with Gasteiger partial charge in [-0.3, -0.25) is 0 Å². The molecule has 1 aromatic rings. The van der Waals surface area contributed by atoms with Gasteiger partial charge in [-0.05, 0) is 59.5 Å². The van der Waals surface area contributed by atoms with Crippen molar-refractivity contribution < 1.29 is 9.50 Å². The van der Waals surface area contributed by atoms with Crippen molar-refractivity contribution in [1.29, 1.82) is 0 Å². The normalized spacial score (nSPS) is 20.7. The lowest BCUT2D eigenvalue weighted by Crippen LogP contribution is -2.34. The minimum atomic E-state index is -0.641. The van der Waals surface area contributed by atoms with E-state index in [9.17, 15) is 9.50 Å². The average molecular weight is 363 g/mol. The quantitative estimate of drug-likeness (QED) is 0.809. The Morgan fingerprint density at radius 2 is 1.94 bits per heavy atom. The Morgan fingerprint density at radius 3 is 2.61 bits per heavy atom. The monoisotopic (exact) mass is 363 g/mol. The Morgan fingerprint density at radius 1 is 1.28 bits per heavy atom. The van der Waals surface area contributed by atoms with Gasteiger partial charge >= 0.3 is 0 Å². The highest BCUT2D eigenvalue weighted by Gasteiger charge is 2.29. The number of benzene rings is 1. The van der Waals surface area contributed by atoms with Crippen molar-refractivity contribution in [2.24, 2.45) is 11.7 Å². The molecule has 0 amide bonds. The summed E-state index contributed by atoms with van der Waals surface area (Å²) in [6.45, 7) is 0. The Balaban J connectivity index is 2.13. The minimum absolute atomic E-state index is 0.214. The highest BCUT2D eigenvalue weighted by molar-refractivity contribution is 14.1. The van der Waals surface area contributed by atoms with Crippen LogP contribution in [0.15, 0.2) is 18.2 Å². The van der Waals surface area contributed by atoms with Crippen molar-refractivity contribution in [3.8, 4) is 0 Å². The van der Waals surface area contributed by atoms with Crippen molar-refractivity contribution >= 4 is 22.6 Å².